The highest BCUT2D eigenvalue weighted by Gasteiger charge is 2.35. The van der Waals surface area contributed by atoms with Crippen LogP contribution in [0.2, 0.25) is 0 Å². The van der Waals surface area contributed by atoms with Crippen LogP contribution in [0.25, 0.3) is 0 Å². The first kappa shape index (κ1) is 15.8. The Morgan fingerprint density at radius 3 is 2.14 bits per heavy atom. The summed E-state index contributed by atoms with van der Waals surface area (Å²) in [5, 5.41) is 0. The highest BCUT2D eigenvalue weighted by molar-refractivity contribution is 6.21. The smallest absolute Gasteiger partial charge is 0.342 e. The maximum absolute atomic E-state index is 12.1. The van der Waals surface area contributed by atoms with E-state index >= 15 is 0 Å². The molecule has 1 aromatic rings. The van der Waals surface area contributed by atoms with Crippen LogP contribution in [0.1, 0.15) is 27.6 Å². The second kappa shape index (κ2) is 6.48. The lowest BCUT2D eigenvalue weighted by Gasteiger charge is -2.16. The molecule has 0 spiro atoms. The SMILES string of the molecule is COC(=O)C(OCCN1C(=O)c2ccccc2C1=O)C(C)=O. The Morgan fingerprint density at radius 1 is 1.14 bits per heavy atom. The van der Waals surface area contributed by atoms with Crippen molar-refractivity contribution in [2.75, 3.05) is 20.3 Å². The van der Waals surface area contributed by atoms with Gasteiger partial charge in [0.15, 0.2) is 5.78 Å². The third kappa shape index (κ3) is 2.89. The molecule has 1 atom stereocenters. The van der Waals surface area contributed by atoms with Gasteiger partial charge >= 0.3 is 5.97 Å². The Morgan fingerprint density at radius 2 is 1.68 bits per heavy atom. The summed E-state index contributed by atoms with van der Waals surface area (Å²) < 4.78 is 9.60. The fraction of sp³-hybridized carbons (Fsp3) is 0.333. The maximum Gasteiger partial charge on any atom is 0.342 e. The summed E-state index contributed by atoms with van der Waals surface area (Å²) in [6, 6.07) is 6.49. The van der Waals surface area contributed by atoms with Crippen molar-refractivity contribution in [3.63, 3.8) is 0 Å². The van der Waals surface area contributed by atoms with E-state index in [1.807, 2.05) is 0 Å². The molecule has 2 amide bonds. The summed E-state index contributed by atoms with van der Waals surface area (Å²) >= 11 is 0. The number of nitrogens with zero attached hydrogens (tertiary/aromatic N) is 1. The van der Waals surface area contributed by atoms with Crippen LogP contribution in [0, 0.1) is 0 Å². The van der Waals surface area contributed by atoms with Gasteiger partial charge in [-0.25, -0.2) is 4.79 Å². The van der Waals surface area contributed by atoms with Crippen LogP contribution >= 0.6 is 0 Å². The number of carbonyl (C=O) groups excluding carboxylic acids is 4. The van der Waals surface area contributed by atoms with E-state index in [4.69, 9.17) is 4.74 Å². The lowest BCUT2D eigenvalue weighted by atomic mass is 10.1. The molecular formula is C15H15NO6. The van der Waals surface area contributed by atoms with Crippen molar-refractivity contribution in [1.29, 1.82) is 0 Å². The van der Waals surface area contributed by atoms with Crippen molar-refractivity contribution >= 4 is 23.6 Å². The first-order valence-corrected chi connectivity index (χ1v) is 6.62. The quantitative estimate of drug-likeness (QED) is 0.430. The number of benzene rings is 1. The fourth-order valence-corrected chi connectivity index (χ4v) is 2.16. The minimum Gasteiger partial charge on any atom is -0.467 e. The number of methoxy groups -OCH3 is 1. The van der Waals surface area contributed by atoms with Gasteiger partial charge < -0.3 is 9.47 Å². The maximum atomic E-state index is 12.1. The number of rotatable bonds is 6. The van der Waals surface area contributed by atoms with Crippen LogP contribution in [0.5, 0.6) is 0 Å². The summed E-state index contributed by atoms with van der Waals surface area (Å²) in [6.45, 7) is 1.02. The number of Topliss-reactive ketones (excluding diaryl/α,β-unsaturated/α-hetero) is 1. The summed E-state index contributed by atoms with van der Waals surface area (Å²) in [6.07, 6.45) is -1.35. The van der Waals surface area contributed by atoms with E-state index in [0.29, 0.717) is 11.1 Å². The van der Waals surface area contributed by atoms with Gasteiger partial charge in [0.1, 0.15) is 0 Å². The average Bonchev–Trinajstić information content (AvgIpc) is 2.75. The van der Waals surface area contributed by atoms with Gasteiger partial charge in [0.2, 0.25) is 6.10 Å². The molecule has 0 radical (unpaired) electrons. The van der Waals surface area contributed by atoms with Gasteiger partial charge in [-0.15, -0.1) is 0 Å². The third-order valence-electron chi connectivity index (χ3n) is 3.26. The number of ketones is 1. The molecule has 7 nitrogen and oxygen atoms in total. The van der Waals surface area contributed by atoms with Gasteiger partial charge in [-0.2, -0.15) is 0 Å². The predicted molar refractivity (Wildman–Crippen MR) is 74.2 cm³/mol. The lowest BCUT2D eigenvalue weighted by molar-refractivity contribution is -0.158. The molecule has 1 heterocycles. The standard InChI is InChI=1S/C15H15NO6/c1-9(17)12(15(20)21-2)22-8-7-16-13(18)10-5-3-4-6-11(10)14(16)19/h3-6,12H,7-8H2,1-2H3. The van der Waals surface area contributed by atoms with Gasteiger partial charge in [0, 0.05) is 0 Å². The summed E-state index contributed by atoms with van der Waals surface area (Å²) in [5.41, 5.74) is 0.673. The molecule has 1 unspecified atom stereocenters. The molecule has 0 fully saturated rings. The number of hydrogen-bond donors (Lipinski definition) is 0. The highest BCUT2D eigenvalue weighted by Crippen LogP contribution is 2.21. The minimum atomic E-state index is -1.35. The van der Waals surface area contributed by atoms with Crippen molar-refractivity contribution in [2.45, 2.75) is 13.0 Å². The molecule has 1 aliphatic rings. The highest BCUT2D eigenvalue weighted by atomic mass is 16.6. The molecule has 2 rings (SSSR count). The fourth-order valence-electron chi connectivity index (χ4n) is 2.16. The van der Waals surface area contributed by atoms with Gasteiger partial charge in [0.05, 0.1) is 31.4 Å². The molecule has 0 saturated carbocycles. The Bertz CT molecular complexity index is 604. The minimum absolute atomic E-state index is 0.0485. The normalized spacial score (nSPS) is 14.7. The Hall–Kier alpha value is -2.54. The molecule has 0 aromatic heterocycles. The van der Waals surface area contributed by atoms with Crippen LogP contribution in [0.4, 0.5) is 0 Å². The first-order chi connectivity index (χ1) is 10.5. The number of hydrogen-bond acceptors (Lipinski definition) is 6. The van der Waals surface area contributed by atoms with E-state index in [9.17, 15) is 19.2 Å². The molecule has 1 aliphatic heterocycles. The van der Waals surface area contributed by atoms with Crippen molar-refractivity contribution in [3.8, 4) is 0 Å². The number of amides is 2. The topological polar surface area (TPSA) is 90.0 Å². The number of fused-ring (bicyclic) bond motifs is 1. The summed E-state index contributed by atoms with van der Waals surface area (Å²) in [4.78, 5) is 47.9. The van der Waals surface area contributed by atoms with Crippen LogP contribution < -0.4 is 0 Å². The Labute approximate surface area is 126 Å². The molecule has 116 valence electrons. The molecule has 0 aliphatic carbocycles. The van der Waals surface area contributed by atoms with E-state index in [2.05, 4.69) is 4.74 Å². The molecular weight excluding hydrogens is 290 g/mol. The molecule has 0 N–H and O–H groups in total. The van der Waals surface area contributed by atoms with E-state index < -0.39 is 29.7 Å². The molecule has 0 bridgehead atoms. The van der Waals surface area contributed by atoms with Crippen molar-refractivity contribution in [1.82, 2.24) is 4.90 Å². The first-order valence-electron chi connectivity index (χ1n) is 6.62. The molecule has 1 aromatic carbocycles. The van der Waals surface area contributed by atoms with Crippen molar-refractivity contribution in [2.24, 2.45) is 0 Å². The summed E-state index contributed by atoms with van der Waals surface area (Å²) in [5.74, 6) is -2.15. The van der Waals surface area contributed by atoms with Gasteiger partial charge in [-0.3, -0.25) is 19.3 Å². The zero-order valence-corrected chi connectivity index (χ0v) is 12.2. The molecule has 22 heavy (non-hydrogen) atoms. The van der Waals surface area contributed by atoms with Crippen molar-refractivity contribution < 1.29 is 28.7 Å². The predicted octanol–water partition coefficient (Wildman–Crippen LogP) is 0.430. The lowest BCUT2D eigenvalue weighted by Crippen LogP contribution is -2.37. The van der Waals surface area contributed by atoms with E-state index in [-0.39, 0.29) is 13.2 Å². The van der Waals surface area contributed by atoms with Gasteiger partial charge in [-0.1, -0.05) is 12.1 Å². The number of ether oxygens (including phenoxy) is 2. The number of esters is 1. The van der Waals surface area contributed by atoms with Crippen LogP contribution in [-0.4, -0.2) is 54.8 Å². The van der Waals surface area contributed by atoms with Gasteiger partial charge in [-0.05, 0) is 19.1 Å². The number of imide groups is 1. The average molecular weight is 305 g/mol. The van der Waals surface area contributed by atoms with Gasteiger partial charge in [0.25, 0.3) is 11.8 Å². The van der Waals surface area contributed by atoms with Crippen LogP contribution in [0.3, 0.4) is 0 Å². The van der Waals surface area contributed by atoms with E-state index in [1.165, 1.54) is 6.92 Å². The van der Waals surface area contributed by atoms with Crippen LogP contribution in [-0.2, 0) is 19.1 Å². The Kier molecular flexibility index (Phi) is 4.67. The molecule has 0 saturated heterocycles. The second-order valence-electron chi connectivity index (χ2n) is 4.69. The second-order valence-corrected chi connectivity index (χ2v) is 4.69. The zero-order chi connectivity index (χ0) is 16.3. The van der Waals surface area contributed by atoms with E-state index in [0.717, 1.165) is 12.0 Å². The van der Waals surface area contributed by atoms with E-state index in [1.54, 1.807) is 24.3 Å². The van der Waals surface area contributed by atoms with Crippen LogP contribution in [0.15, 0.2) is 24.3 Å². The number of carbonyl (C=O) groups is 4. The summed E-state index contributed by atoms with van der Waals surface area (Å²) in [7, 11) is 1.14. The third-order valence-corrected chi connectivity index (χ3v) is 3.26. The monoisotopic (exact) mass is 305 g/mol. The largest absolute Gasteiger partial charge is 0.467 e. The van der Waals surface area contributed by atoms with Crippen molar-refractivity contribution in [3.05, 3.63) is 35.4 Å². The molecule has 7 heteroatoms. The Balaban J connectivity index is 1.99. The zero-order valence-electron chi connectivity index (χ0n) is 12.2.